The van der Waals surface area contributed by atoms with Gasteiger partial charge in [-0.25, -0.2) is 0 Å². The molecule has 0 saturated heterocycles. The summed E-state index contributed by atoms with van der Waals surface area (Å²) < 4.78 is 5.41. The minimum atomic E-state index is 1.24. The summed E-state index contributed by atoms with van der Waals surface area (Å²) >= 11 is 3.80. The molecule has 0 radical (unpaired) electrons. The number of hydrogen-bond donors (Lipinski definition) is 0. The average molecular weight is 619 g/mol. The van der Waals surface area contributed by atoms with Crippen LogP contribution >= 0.6 is 22.7 Å². The lowest BCUT2D eigenvalue weighted by atomic mass is 9.85. The van der Waals surface area contributed by atoms with E-state index in [4.69, 9.17) is 0 Å². The van der Waals surface area contributed by atoms with Crippen LogP contribution in [0.5, 0.6) is 0 Å². The topological polar surface area (TPSA) is 0 Å². The fourth-order valence-corrected chi connectivity index (χ4v) is 9.74. The van der Waals surface area contributed by atoms with Gasteiger partial charge in [-0.1, -0.05) is 127 Å². The zero-order valence-electron chi connectivity index (χ0n) is 24.8. The lowest BCUT2D eigenvalue weighted by molar-refractivity contribution is 1.63. The first kappa shape index (κ1) is 26.0. The second-order valence-corrected chi connectivity index (χ2v) is 14.2. The van der Waals surface area contributed by atoms with Gasteiger partial charge in [-0.15, -0.1) is 22.7 Å². The predicted octanol–water partition coefficient (Wildman–Crippen LogP) is 13.7. The third-order valence-corrected chi connectivity index (χ3v) is 11.7. The molecule has 0 atom stereocenters. The Hall–Kier alpha value is -5.28. The molecule has 8 aromatic carbocycles. The van der Waals surface area contributed by atoms with Crippen LogP contribution in [-0.4, -0.2) is 0 Å². The van der Waals surface area contributed by atoms with Gasteiger partial charge >= 0.3 is 0 Å². The Balaban J connectivity index is 1.18. The summed E-state index contributed by atoms with van der Waals surface area (Å²) in [6, 6.07) is 58.2. The van der Waals surface area contributed by atoms with Crippen LogP contribution in [0.4, 0.5) is 0 Å². The molecule has 2 aromatic heterocycles. The molecule has 2 heteroatoms. The van der Waals surface area contributed by atoms with Crippen molar-refractivity contribution in [1.82, 2.24) is 0 Å². The van der Waals surface area contributed by atoms with Crippen molar-refractivity contribution in [2.75, 3.05) is 0 Å². The zero-order valence-corrected chi connectivity index (χ0v) is 26.5. The third-order valence-electron chi connectivity index (χ3n) is 9.45. The molecular formula is C44H26S2. The van der Waals surface area contributed by atoms with Gasteiger partial charge in [0.25, 0.3) is 0 Å². The highest BCUT2D eigenvalue weighted by molar-refractivity contribution is 7.28. The first-order valence-corrected chi connectivity index (χ1v) is 17.3. The predicted molar refractivity (Wildman–Crippen MR) is 204 cm³/mol. The van der Waals surface area contributed by atoms with Crippen LogP contribution in [0.25, 0.3) is 95.3 Å². The van der Waals surface area contributed by atoms with E-state index < -0.39 is 0 Å². The van der Waals surface area contributed by atoms with E-state index in [-0.39, 0.29) is 0 Å². The van der Waals surface area contributed by atoms with Gasteiger partial charge in [0.05, 0.1) is 0 Å². The van der Waals surface area contributed by atoms with E-state index in [2.05, 4.69) is 158 Å². The Labute approximate surface area is 274 Å². The summed E-state index contributed by atoms with van der Waals surface area (Å²) in [5.74, 6) is 0. The van der Waals surface area contributed by atoms with Crippen LogP contribution in [0.15, 0.2) is 158 Å². The van der Waals surface area contributed by atoms with Crippen molar-refractivity contribution in [2.24, 2.45) is 0 Å². The lowest BCUT2D eigenvalue weighted by Gasteiger charge is -2.18. The van der Waals surface area contributed by atoms with E-state index in [9.17, 15) is 0 Å². The zero-order chi connectivity index (χ0) is 30.2. The van der Waals surface area contributed by atoms with Crippen molar-refractivity contribution in [3.05, 3.63) is 158 Å². The number of benzene rings is 8. The summed E-state index contributed by atoms with van der Waals surface area (Å²) in [4.78, 5) is 0. The van der Waals surface area contributed by atoms with Crippen LogP contribution in [0.2, 0.25) is 0 Å². The molecule has 0 amide bonds. The van der Waals surface area contributed by atoms with E-state index in [0.29, 0.717) is 0 Å². The molecule has 0 saturated carbocycles. The number of fused-ring (bicyclic) bond motifs is 9. The third kappa shape index (κ3) is 3.84. The minimum Gasteiger partial charge on any atom is -0.135 e. The van der Waals surface area contributed by atoms with Gasteiger partial charge in [0.1, 0.15) is 0 Å². The first-order valence-electron chi connectivity index (χ1n) is 15.7. The van der Waals surface area contributed by atoms with Crippen molar-refractivity contribution in [1.29, 1.82) is 0 Å². The molecule has 10 aromatic rings. The number of rotatable bonds is 3. The lowest BCUT2D eigenvalue weighted by Crippen LogP contribution is -1.91. The SMILES string of the molecule is c1ccc(-c2c3ccccc3c(-c3cccc(-c4ccc5c(c4)sc4ccc6sc7ccccc7c6c45)c3)c3ccccc23)cc1. The van der Waals surface area contributed by atoms with E-state index in [0.717, 1.165) is 0 Å². The first-order chi connectivity index (χ1) is 22.8. The summed E-state index contributed by atoms with van der Waals surface area (Å²) in [5, 5.41) is 10.6. The summed E-state index contributed by atoms with van der Waals surface area (Å²) in [7, 11) is 0. The van der Waals surface area contributed by atoms with Crippen molar-refractivity contribution in [3.63, 3.8) is 0 Å². The molecular weight excluding hydrogens is 593 g/mol. The highest BCUT2D eigenvalue weighted by Gasteiger charge is 2.18. The van der Waals surface area contributed by atoms with Crippen LogP contribution in [0.1, 0.15) is 0 Å². The van der Waals surface area contributed by atoms with Gasteiger partial charge in [0.15, 0.2) is 0 Å². The van der Waals surface area contributed by atoms with Crippen LogP contribution < -0.4 is 0 Å². The Morgan fingerprint density at radius 1 is 0.261 bits per heavy atom. The number of thiophene rings is 2. The highest BCUT2D eigenvalue weighted by atomic mass is 32.1. The Morgan fingerprint density at radius 3 is 1.41 bits per heavy atom. The van der Waals surface area contributed by atoms with Gasteiger partial charge in [0.2, 0.25) is 0 Å². The van der Waals surface area contributed by atoms with E-state index >= 15 is 0 Å². The monoisotopic (exact) mass is 618 g/mol. The maximum atomic E-state index is 2.40. The van der Waals surface area contributed by atoms with Gasteiger partial charge < -0.3 is 0 Å². The Kier molecular flexibility index (Phi) is 5.72. The fraction of sp³-hybridized carbons (Fsp3) is 0. The molecule has 0 aliphatic carbocycles. The highest BCUT2D eigenvalue weighted by Crippen LogP contribution is 2.47. The van der Waals surface area contributed by atoms with Crippen molar-refractivity contribution < 1.29 is 0 Å². The molecule has 0 aliphatic heterocycles. The Morgan fingerprint density at radius 2 is 0.739 bits per heavy atom. The smallest absolute Gasteiger partial charge is 0.0362 e. The van der Waals surface area contributed by atoms with Crippen molar-refractivity contribution >= 4 is 84.6 Å². The van der Waals surface area contributed by atoms with Crippen LogP contribution in [0, 0.1) is 0 Å². The normalized spacial score (nSPS) is 11.9. The molecule has 2 heterocycles. The molecule has 0 nitrogen and oxygen atoms in total. The van der Waals surface area contributed by atoms with Gasteiger partial charge in [0, 0.05) is 40.3 Å². The molecule has 0 bridgehead atoms. The van der Waals surface area contributed by atoms with Crippen LogP contribution in [-0.2, 0) is 0 Å². The summed E-state index contributed by atoms with van der Waals surface area (Å²) in [6.07, 6.45) is 0. The van der Waals surface area contributed by atoms with E-state index in [1.54, 1.807) is 0 Å². The maximum Gasteiger partial charge on any atom is 0.0362 e. The molecule has 214 valence electrons. The van der Waals surface area contributed by atoms with E-state index in [1.807, 2.05) is 22.7 Å². The second kappa shape index (κ2) is 10.1. The number of hydrogen-bond acceptors (Lipinski definition) is 2. The van der Waals surface area contributed by atoms with E-state index in [1.165, 1.54) is 95.3 Å². The molecule has 0 N–H and O–H groups in total. The molecule has 0 fully saturated rings. The summed E-state index contributed by atoms with van der Waals surface area (Å²) in [5.41, 5.74) is 7.58. The van der Waals surface area contributed by atoms with Gasteiger partial charge in [-0.05, 0) is 85.3 Å². The van der Waals surface area contributed by atoms with Crippen molar-refractivity contribution in [3.8, 4) is 33.4 Å². The maximum absolute atomic E-state index is 2.40. The van der Waals surface area contributed by atoms with Crippen LogP contribution in [0.3, 0.4) is 0 Å². The summed E-state index contributed by atoms with van der Waals surface area (Å²) in [6.45, 7) is 0. The standard InChI is InChI=1S/C44H26S2/c1-2-11-27(12-3-1)41-31-15-4-6-17-33(31)42(34-18-7-5-16-32(34)41)30-14-10-13-28(25-30)29-21-22-36-40(26-29)46-39-24-23-38-43(44(36)39)35-19-8-9-20-37(35)45-38/h1-26H. The molecule has 46 heavy (non-hydrogen) atoms. The quantitative estimate of drug-likeness (QED) is 0.173. The average Bonchev–Trinajstić information content (AvgIpc) is 3.68. The molecule has 10 rings (SSSR count). The van der Waals surface area contributed by atoms with Crippen molar-refractivity contribution in [2.45, 2.75) is 0 Å². The Bertz CT molecular complexity index is 2740. The fourth-order valence-electron chi connectivity index (χ4n) is 7.47. The molecule has 0 spiro atoms. The van der Waals surface area contributed by atoms with Gasteiger partial charge in [-0.2, -0.15) is 0 Å². The second-order valence-electron chi connectivity index (χ2n) is 12.0. The molecule has 0 aliphatic rings. The minimum absolute atomic E-state index is 1.24. The molecule has 0 unspecified atom stereocenters. The van der Waals surface area contributed by atoms with Gasteiger partial charge in [-0.3, -0.25) is 0 Å². The largest absolute Gasteiger partial charge is 0.135 e.